The summed E-state index contributed by atoms with van der Waals surface area (Å²) in [5.41, 5.74) is 5.37. The SMILES string of the molecule is Cc1cccc(-c2cnc3ccn(N)c3c2)c1. The Morgan fingerprint density at radius 1 is 1.12 bits per heavy atom. The molecule has 84 valence electrons. The molecule has 0 radical (unpaired) electrons. The van der Waals surface area contributed by atoms with Crippen molar-refractivity contribution in [2.75, 3.05) is 5.84 Å². The number of aryl methyl sites for hydroxylation is 1. The van der Waals surface area contributed by atoms with E-state index in [-0.39, 0.29) is 0 Å². The molecule has 2 aromatic heterocycles. The van der Waals surface area contributed by atoms with Crippen molar-refractivity contribution < 1.29 is 0 Å². The molecule has 2 N–H and O–H groups in total. The molecule has 1 aromatic carbocycles. The van der Waals surface area contributed by atoms with E-state index >= 15 is 0 Å². The van der Waals surface area contributed by atoms with Gasteiger partial charge in [-0.3, -0.25) is 9.66 Å². The molecule has 0 saturated carbocycles. The Balaban J connectivity index is 2.20. The number of rotatable bonds is 1. The number of fused-ring (bicyclic) bond motifs is 1. The van der Waals surface area contributed by atoms with Crippen LogP contribution in [0.5, 0.6) is 0 Å². The zero-order valence-corrected chi connectivity index (χ0v) is 9.59. The zero-order valence-electron chi connectivity index (χ0n) is 9.59. The molecule has 0 spiro atoms. The molecule has 0 bridgehead atoms. The fourth-order valence-electron chi connectivity index (χ4n) is 2.01. The average Bonchev–Trinajstić information content (AvgIpc) is 2.71. The van der Waals surface area contributed by atoms with Crippen molar-refractivity contribution in [2.45, 2.75) is 6.92 Å². The maximum absolute atomic E-state index is 5.83. The van der Waals surface area contributed by atoms with Crippen molar-refractivity contribution in [3.05, 3.63) is 54.4 Å². The molecule has 0 unspecified atom stereocenters. The van der Waals surface area contributed by atoms with Crippen LogP contribution in [0.25, 0.3) is 22.2 Å². The molecule has 0 atom stereocenters. The van der Waals surface area contributed by atoms with E-state index in [1.165, 1.54) is 11.1 Å². The summed E-state index contributed by atoms with van der Waals surface area (Å²) in [5.74, 6) is 5.83. The van der Waals surface area contributed by atoms with Crippen molar-refractivity contribution in [1.82, 2.24) is 9.66 Å². The predicted molar refractivity (Wildman–Crippen MR) is 70.1 cm³/mol. The van der Waals surface area contributed by atoms with E-state index in [4.69, 9.17) is 5.84 Å². The van der Waals surface area contributed by atoms with Crippen LogP contribution in [0.1, 0.15) is 5.56 Å². The summed E-state index contributed by atoms with van der Waals surface area (Å²) in [6.45, 7) is 2.08. The molecule has 3 aromatic rings. The lowest BCUT2D eigenvalue weighted by molar-refractivity contribution is 1.07. The van der Waals surface area contributed by atoms with Crippen LogP contribution >= 0.6 is 0 Å². The summed E-state index contributed by atoms with van der Waals surface area (Å²) in [4.78, 5) is 4.41. The quantitative estimate of drug-likeness (QED) is 0.645. The van der Waals surface area contributed by atoms with E-state index in [0.29, 0.717) is 0 Å². The molecule has 0 aliphatic carbocycles. The molecule has 3 rings (SSSR count). The van der Waals surface area contributed by atoms with Gasteiger partial charge in [-0.15, -0.1) is 0 Å². The summed E-state index contributed by atoms with van der Waals surface area (Å²) in [6.07, 6.45) is 3.70. The van der Waals surface area contributed by atoms with Gasteiger partial charge in [0.1, 0.15) is 0 Å². The van der Waals surface area contributed by atoms with E-state index in [2.05, 4.69) is 42.2 Å². The molecule has 0 saturated heterocycles. The van der Waals surface area contributed by atoms with Crippen LogP contribution in [0.2, 0.25) is 0 Å². The number of benzene rings is 1. The van der Waals surface area contributed by atoms with Crippen LogP contribution in [0, 0.1) is 6.92 Å². The summed E-state index contributed by atoms with van der Waals surface area (Å²) < 4.78 is 1.60. The smallest absolute Gasteiger partial charge is 0.0901 e. The van der Waals surface area contributed by atoms with Gasteiger partial charge in [-0.2, -0.15) is 0 Å². The van der Waals surface area contributed by atoms with Gasteiger partial charge in [0, 0.05) is 18.0 Å². The van der Waals surface area contributed by atoms with Gasteiger partial charge in [0.05, 0.1) is 11.0 Å². The maximum atomic E-state index is 5.83. The fraction of sp³-hybridized carbons (Fsp3) is 0.0714. The molecule has 0 amide bonds. The summed E-state index contributed by atoms with van der Waals surface area (Å²) in [7, 11) is 0. The van der Waals surface area contributed by atoms with Crippen molar-refractivity contribution in [3.63, 3.8) is 0 Å². The highest BCUT2D eigenvalue weighted by Gasteiger charge is 2.03. The lowest BCUT2D eigenvalue weighted by Gasteiger charge is -2.03. The second-order valence-corrected chi connectivity index (χ2v) is 4.22. The van der Waals surface area contributed by atoms with Crippen LogP contribution in [-0.2, 0) is 0 Å². The zero-order chi connectivity index (χ0) is 11.8. The Morgan fingerprint density at radius 3 is 2.82 bits per heavy atom. The number of hydrogen-bond acceptors (Lipinski definition) is 2. The molecule has 3 nitrogen and oxygen atoms in total. The monoisotopic (exact) mass is 223 g/mol. The lowest BCUT2D eigenvalue weighted by Crippen LogP contribution is -2.05. The first kappa shape index (κ1) is 9.90. The minimum absolute atomic E-state index is 0.920. The number of hydrogen-bond donors (Lipinski definition) is 1. The molecule has 0 aliphatic heterocycles. The molecular formula is C14H13N3. The predicted octanol–water partition coefficient (Wildman–Crippen LogP) is 2.73. The van der Waals surface area contributed by atoms with E-state index in [1.54, 1.807) is 4.68 Å². The first-order valence-corrected chi connectivity index (χ1v) is 5.53. The third kappa shape index (κ3) is 1.65. The van der Waals surface area contributed by atoms with Gasteiger partial charge in [-0.25, -0.2) is 0 Å². The molecule has 17 heavy (non-hydrogen) atoms. The Bertz CT molecular complexity index is 683. The summed E-state index contributed by atoms with van der Waals surface area (Å²) in [5, 5.41) is 0. The number of nitrogens with two attached hydrogens (primary N) is 1. The first-order chi connectivity index (χ1) is 8.24. The highest BCUT2D eigenvalue weighted by atomic mass is 15.3. The fourth-order valence-corrected chi connectivity index (χ4v) is 2.01. The largest absolute Gasteiger partial charge is 0.339 e. The van der Waals surface area contributed by atoms with Crippen molar-refractivity contribution in [1.29, 1.82) is 0 Å². The minimum Gasteiger partial charge on any atom is -0.339 e. The Hall–Kier alpha value is -2.29. The molecule has 0 aliphatic rings. The Labute approximate surface area is 99.5 Å². The third-order valence-electron chi connectivity index (χ3n) is 2.92. The van der Waals surface area contributed by atoms with Crippen LogP contribution < -0.4 is 5.84 Å². The number of aromatic nitrogens is 2. The van der Waals surface area contributed by atoms with Gasteiger partial charge in [-0.1, -0.05) is 29.8 Å². The van der Waals surface area contributed by atoms with Crippen molar-refractivity contribution >= 4 is 11.0 Å². The topological polar surface area (TPSA) is 43.8 Å². The first-order valence-electron chi connectivity index (χ1n) is 5.53. The van der Waals surface area contributed by atoms with E-state index in [0.717, 1.165) is 16.6 Å². The van der Waals surface area contributed by atoms with Crippen LogP contribution in [0.4, 0.5) is 0 Å². The van der Waals surface area contributed by atoms with Crippen LogP contribution in [0.15, 0.2) is 48.8 Å². The van der Waals surface area contributed by atoms with E-state index < -0.39 is 0 Å². The number of pyridine rings is 1. The summed E-state index contributed by atoms with van der Waals surface area (Å²) >= 11 is 0. The second kappa shape index (κ2) is 3.63. The van der Waals surface area contributed by atoms with Gasteiger partial charge in [0.25, 0.3) is 0 Å². The van der Waals surface area contributed by atoms with E-state index in [1.807, 2.05) is 18.5 Å². The van der Waals surface area contributed by atoms with Gasteiger partial charge in [0.2, 0.25) is 0 Å². The average molecular weight is 223 g/mol. The standard InChI is InChI=1S/C14H13N3/c1-10-3-2-4-11(7-10)12-8-14-13(16-9-12)5-6-17(14)15/h2-9H,15H2,1H3. The van der Waals surface area contributed by atoms with Gasteiger partial charge in [0.15, 0.2) is 0 Å². The highest BCUT2D eigenvalue weighted by Crippen LogP contribution is 2.23. The Morgan fingerprint density at radius 2 is 2.00 bits per heavy atom. The summed E-state index contributed by atoms with van der Waals surface area (Å²) in [6, 6.07) is 12.3. The van der Waals surface area contributed by atoms with Gasteiger partial charge in [-0.05, 0) is 24.6 Å². The Kier molecular flexibility index (Phi) is 2.11. The normalized spacial score (nSPS) is 10.9. The second-order valence-electron chi connectivity index (χ2n) is 4.22. The van der Waals surface area contributed by atoms with Crippen molar-refractivity contribution in [2.24, 2.45) is 0 Å². The lowest BCUT2D eigenvalue weighted by atomic mass is 10.1. The highest BCUT2D eigenvalue weighted by molar-refractivity contribution is 5.81. The van der Waals surface area contributed by atoms with Crippen LogP contribution in [0.3, 0.4) is 0 Å². The van der Waals surface area contributed by atoms with Crippen molar-refractivity contribution in [3.8, 4) is 11.1 Å². The molecule has 0 fully saturated rings. The molecular weight excluding hydrogens is 210 g/mol. The number of nitrogens with zero attached hydrogens (tertiary/aromatic N) is 2. The third-order valence-corrected chi connectivity index (χ3v) is 2.92. The number of nitrogen functional groups attached to an aromatic ring is 1. The maximum Gasteiger partial charge on any atom is 0.0901 e. The van der Waals surface area contributed by atoms with Crippen LogP contribution in [-0.4, -0.2) is 9.66 Å². The van der Waals surface area contributed by atoms with Gasteiger partial charge >= 0.3 is 0 Å². The van der Waals surface area contributed by atoms with E-state index in [9.17, 15) is 0 Å². The molecule has 3 heteroatoms. The molecule has 2 heterocycles. The van der Waals surface area contributed by atoms with Gasteiger partial charge < -0.3 is 5.84 Å². The minimum atomic E-state index is 0.920.